The van der Waals surface area contributed by atoms with E-state index in [2.05, 4.69) is 5.32 Å². The predicted octanol–water partition coefficient (Wildman–Crippen LogP) is 5.75. The second kappa shape index (κ2) is 9.45. The van der Waals surface area contributed by atoms with Crippen LogP contribution < -0.4 is 14.8 Å². The van der Waals surface area contributed by atoms with Gasteiger partial charge in [0.1, 0.15) is 23.0 Å². The van der Waals surface area contributed by atoms with Gasteiger partial charge in [-0.25, -0.2) is 0 Å². The predicted molar refractivity (Wildman–Crippen MR) is 157 cm³/mol. The molecule has 1 aromatic heterocycles. The number of methoxy groups -OCH3 is 2. The van der Waals surface area contributed by atoms with Gasteiger partial charge in [0.2, 0.25) is 5.91 Å². The lowest BCUT2D eigenvalue weighted by Crippen LogP contribution is -2.49. The van der Waals surface area contributed by atoms with Crippen LogP contribution in [0.3, 0.4) is 0 Å². The number of carbonyl (C=O) groups excluding carboxylic acids is 3. The van der Waals surface area contributed by atoms with Gasteiger partial charge in [-0.05, 0) is 58.5 Å². The Morgan fingerprint density at radius 3 is 2.51 bits per heavy atom. The number of benzene rings is 3. The summed E-state index contributed by atoms with van der Waals surface area (Å²) in [6.45, 7) is 0. The van der Waals surface area contributed by atoms with Crippen LogP contribution in [0.2, 0.25) is 0 Å². The highest BCUT2D eigenvalue weighted by molar-refractivity contribution is 7.12. The third kappa shape index (κ3) is 3.47. The molecule has 204 valence electrons. The van der Waals surface area contributed by atoms with E-state index in [1.54, 1.807) is 24.3 Å². The van der Waals surface area contributed by atoms with Crippen molar-refractivity contribution in [1.29, 1.82) is 0 Å². The molecule has 0 bridgehead atoms. The fourth-order valence-electron chi connectivity index (χ4n) is 6.91. The molecule has 0 aliphatic carbocycles. The highest BCUT2D eigenvalue weighted by atomic mass is 32.1. The van der Waals surface area contributed by atoms with Crippen molar-refractivity contribution in [3.63, 3.8) is 0 Å². The third-order valence-electron chi connectivity index (χ3n) is 8.56. The Labute approximate surface area is 241 Å². The molecule has 7 nitrogen and oxygen atoms in total. The van der Waals surface area contributed by atoms with E-state index in [1.807, 2.05) is 77.2 Å². The van der Waals surface area contributed by atoms with Crippen LogP contribution in [0.5, 0.6) is 11.5 Å². The fraction of sp³-hybridized carbons (Fsp3) is 0.182. The Bertz CT molecular complexity index is 1750. The van der Waals surface area contributed by atoms with E-state index in [4.69, 9.17) is 9.47 Å². The Hall–Kier alpha value is -4.69. The van der Waals surface area contributed by atoms with Crippen LogP contribution >= 0.6 is 11.3 Å². The maximum atomic E-state index is 14.8. The summed E-state index contributed by atoms with van der Waals surface area (Å²) in [5.74, 6) is -1.03. The van der Waals surface area contributed by atoms with Gasteiger partial charge >= 0.3 is 0 Å². The van der Waals surface area contributed by atoms with Gasteiger partial charge in [-0.1, -0.05) is 48.5 Å². The molecule has 4 atom stereocenters. The summed E-state index contributed by atoms with van der Waals surface area (Å²) in [4.78, 5) is 46.4. The van der Waals surface area contributed by atoms with E-state index >= 15 is 0 Å². The topological polar surface area (TPSA) is 84.9 Å². The van der Waals surface area contributed by atoms with Crippen LogP contribution in [0.1, 0.15) is 42.8 Å². The number of fused-ring (bicyclic) bond motifs is 6. The lowest BCUT2D eigenvalue weighted by atomic mass is 9.63. The van der Waals surface area contributed by atoms with Gasteiger partial charge in [0, 0.05) is 11.9 Å². The highest BCUT2D eigenvalue weighted by Crippen LogP contribution is 2.62. The number of Topliss-reactive ketones (excluding diaryl/α,β-unsaturated/α-hetero) is 2. The Kier molecular flexibility index (Phi) is 5.83. The summed E-state index contributed by atoms with van der Waals surface area (Å²) in [6.07, 6.45) is 3.80. The first-order chi connectivity index (χ1) is 20.0. The quantitative estimate of drug-likeness (QED) is 0.302. The Balaban J connectivity index is 1.54. The van der Waals surface area contributed by atoms with Crippen molar-refractivity contribution in [3.05, 3.63) is 118 Å². The number of carbonyl (C=O) groups is 3. The molecule has 3 aliphatic rings. The van der Waals surface area contributed by atoms with E-state index < -0.39 is 23.4 Å². The van der Waals surface area contributed by atoms with Crippen molar-refractivity contribution in [2.75, 3.05) is 19.5 Å². The molecule has 7 rings (SSSR count). The maximum absolute atomic E-state index is 14.8. The van der Waals surface area contributed by atoms with Gasteiger partial charge in [0.15, 0.2) is 11.6 Å². The first-order valence-electron chi connectivity index (χ1n) is 13.3. The molecule has 1 N–H and O–H groups in total. The molecule has 3 aromatic carbocycles. The van der Waals surface area contributed by atoms with E-state index in [0.29, 0.717) is 27.6 Å². The number of amides is 1. The molecule has 3 aliphatic heterocycles. The minimum atomic E-state index is -1.37. The van der Waals surface area contributed by atoms with E-state index in [1.165, 1.54) is 25.6 Å². The molecule has 1 amide bonds. The van der Waals surface area contributed by atoms with Gasteiger partial charge in [-0.2, -0.15) is 0 Å². The van der Waals surface area contributed by atoms with E-state index in [-0.39, 0.29) is 23.0 Å². The lowest BCUT2D eigenvalue weighted by molar-refractivity contribution is -0.122. The summed E-state index contributed by atoms with van der Waals surface area (Å²) in [5, 5.41) is 4.91. The van der Waals surface area contributed by atoms with E-state index in [0.717, 1.165) is 11.1 Å². The standard InChI is InChI=1S/C33H26N2O5S/c1-39-20-13-14-25(40-2)22(18-20)29(36)28-27(30(37)26-12-7-17-41-26)33(23-10-5-6-11-24(23)34-32(33)38)31-21-9-4-3-8-19(21)15-16-35(28)31/h3-18,27-28,31H,1-2H3,(H,34,38). The zero-order valence-electron chi connectivity index (χ0n) is 22.4. The summed E-state index contributed by atoms with van der Waals surface area (Å²) in [6, 6.07) is 22.3. The van der Waals surface area contributed by atoms with E-state index in [9.17, 15) is 14.4 Å². The number of hydrogen-bond donors (Lipinski definition) is 1. The maximum Gasteiger partial charge on any atom is 0.238 e. The monoisotopic (exact) mass is 562 g/mol. The van der Waals surface area contributed by atoms with Crippen molar-refractivity contribution in [3.8, 4) is 11.5 Å². The smallest absolute Gasteiger partial charge is 0.238 e. The number of para-hydroxylation sites is 1. The van der Waals surface area contributed by atoms with Crippen LogP contribution in [-0.2, 0) is 10.2 Å². The first-order valence-corrected chi connectivity index (χ1v) is 14.2. The van der Waals surface area contributed by atoms with Crippen LogP contribution in [0.4, 0.5) is 5.69 Å². The fourth-order valence-corrected chi connectivity index (χ4v) is 7.61. The number of nitrogens with one attached hydrogen (secondary N) is 1. The molecule has 8 heteroatoms. The number of ether oxygens (including phenoxy) is 2. The second-order valence-corrected chi connectivity index (χ2v) is 11.3. The first kappa shape index (κ1) is 25.3. The summed E-state index contributed by atoms with van der Waals surface area (Å²) < 4.78 is 11.1. The Morgan fingerprint density at radius 1 is 0.927 bits per heavy atom. The third-order valence-corrected chi connectivity index (χ3v) is 9.44. The van der Waals surface area contributed by atoms with Gasteiger partial charge < -0.3 is 19.7 Å². The SMILES string of the molecule is COc1ccc(OC)c(C(=O)C2C(C(=O)c3cccs3)C3(C(=O)Nc4ccccc43)C3c4ccccc4C=CN23)c1. The number of thiophene rings is 1. The van der Waals surface area contributed by atoms with Crippen molar-refractivity contribution >= 4 is 40.6 Å². The second-order valence-electron chi connectivity index (χ2n) is 10.4. The summed E-state index contributed by atoms with van der Waals surface area (Å²) in [7, 11) is 3.04. The number of nitrogens with zero attached hydrogens (tertiary/aromatic N) is 1. The molecule has 0 saturated carbocycles. The van der Waals surface area contributed by atoms with Gasteiger partial charge in [0.25, 0.3) is 0 Å². The molecule has 41 heavy (non-hydrogen) atoms. The molecule has 4 unspecified atom stereocenters. The zero-order chi connectivity index (χ0) is 28.3. The van der Waals surface area contributed by atoms with Gasteiger partial charge in [-0.15, -0.1) is 11.3 Å². The molecular formula is C33H26N2O5S. The van der Waals surface area contributed by atoms with Crippen LogP contribution in [0.15, 0.2) is 90.4 Å². The van der Waals surface area contributed by atoms with Crippen molar-refractivity contribution < 1.29 is 23.9 Å². The van der Waals surface area contributed by atoms with Crippen molar-refractivity contribution in [2.45, 2.75) is 17.5 Å². The average molecular weight is 563 g/mol. The molecule has 0 radical (unpaired) electrons. The Morgan fingerprint density at radius 2 is 1.73 bits per heavy atom. The van der Waals surface area contributed by atoms with Crippen LogP contribution in [0, 0.1) is 5.92 Å². The summed E-state index contributed by atoms with van der Waals surface area (Å²) in [5.41, 5.74) is 2.12. The largest absolute Gasteiger partial charge is 0.497 e. The minimum absolute atomic E-state index is 0.243. The molecule has 1 spiro atoms. The molecule has 1 fully saturated rings. The number of rotatable bonds is 6. The average Bonchev–Trinajstić information content (AvgIpc) is 3.73. The van der Waals surface area contributed by atoms with Crippen LogP contribution in [-0.4, -0.2) is 42.6 Å². The summed E-state index contributed by atoms with van der Waals surface area (Å²) >= 11 is 1.31. The molecular weight excluding hydrogens is 536 g/mol. The van der Waals surface area contributed by atoms with Gasteiger partial charge in [-0.3, -0.25) is 14.4 Å². The highest BCUT2D eigenvalue weighted by Gasteiger charge is 2.71. The van der Waals surface area contributed by atoms with Crippen molar-refractivity contribution in [1.82, 2.24) is 4.90 Å². The van der Waals surface area contributed by atoms with Crippen LogP contribution in [0.25, 0.3) is 6.08 Å². The molecule has 4 heterocycles. The lowest BCUT2D eigenvalue weighted by Gasteiger charge is -2.38. The molecule has 1 saturated heterocycles. The molecule has 4 aromatic rings. The number of anilines is 1. The normalized spacial score (nSPS) is 23.5. The minimum Gasteiger partial charge on any atom is -0.497 e. The number of ketones is 2. The number of hydrogen-bond acceptors (Lipinski definition) is 7. The van der Waals surface area contributed by atoms with Crippen molar-refractivity contribution in [2.24, 2.45) is 5.92 Å². The zero-order valence-corrected chi connectivity index (χ0v) is 23.2. The van der Waals surface area contributed by atoms with Gasteiger partial charge in [0.05, 0.1) is 36.6 Å².